The molecule has 0 amide bonds. The summed E-state index contributed by atoms with van der Waals surface area (Å²) in [6.45, 7) is 7.36. The maximum Gasteiger partial charge on any atom is 0.317 e. The predicted molar refractivity (Wildman–Crippen MR) is 156 cm³/mol. The van der Waals surface area contributed by atoms with Crippen LogP contribution in [0.4, 0.5) is 5.69 Å². The molecule has 196 valence electrons. The molecule has 3 aromatic rings. The highest BCUT2D eigenvalue weighted by molar-refractivity contribution is 8.18. The largest absolute Gasteiger partial charge is 0.468 e. The van der Waals surface area contributed by atoms with Crippen LogP contribution in [0.5, 0.6) is 0 Å². The molecule has 2 aliphatic rings. The SMILES string of the molecule is COC(=O)C1/C(=C\C(C)C)SC(=Nc2ccccc2)C12N(Cc1ccccc1)CCN2Cc1ccccc1. The zero-order valence-corrected chi connectivity index (χ0v) is 23.1. The summed E-state index contributed by atoms with van der Waals surface area (Å²) in [6.07, 6.45) is 2.21. The van der Waals surface area contributed by atoms with Crippen molar-refractivity contribution in [1.82, 2.24) is 9.80 Å². The van der Waals surface area contributed by atoms with Crippen molar-refractivity contribution in [3.05, 3.63) is 113 Å². The van der Waals surface area contributed by atoms with Crippen LogP contribution in [0.25, 0.3) is 0 Å². The summed E-state index contributed by atoms with van der Waals surface area (Å²) < 4.78 is 5.53. The Labute approximate surface area is 230 Å². The van der Waals surface area contributed by atoms with E-state index in [9.17, 15) is 4.79 Å². The molecule has 0 N–H and O–H groups in total. The Bertz CT molecular complexity index is 1240. The first-order valence-corrected chi connectivity index (χ1v) is 14.0. The molecule has 2 saturated heterocycles. The van der Waals surface area contributed by atoms with Crippen molar-refractivity contribution in [2.45, 2.75) is 32.6 Å². The quantitative estimate of drug-likeness (QED) is 0.329. The van der Waals surface area contributed by atoms with Crippen LogP contribution in [-0.2, 0) is 22.6 Å². The van der Waals surface area contributed by atoms with E-state index >= 15 is 0 Å². The molecule has 1 atom stereocenters. The van der Waals surface area contributed by atoms with Crippen molar-refractivity contribution in [1.29, 1.82) is 0 Å². The Morgan fingerprint density at radius 1 is 0.921 bits per heavy atom. The summed E-state index contributed by atoms with van der Waals surface area (Å²) in [5.74, 6) is -0.442. The van der Waals surface area contributed by atoms with Crippen LogP contribution in [0.1, 0.15) is 25.0 Å². The monoisotopic (exact) mass is 525 g/mol. The van der Waals surface area contributed by atoms with Gasteiger partial charge in [0.2, 0.25) is 0 Å². The lowest BCUT2D eigenvalue weighted by Gasteiger charge is -2.44. The predicted octanol–water partition coefficient (Wildman–Crippen LogP) is 6.51. The fourth-order valence-electron chi connectivity index (χ4n) is 5.57. The van der Waals surface area contributed by atoms with Gasteiger partial charge in [0.1, 0.15) is 16.6 Å². The number of carbonyl (C=O) groups is 1. The van der Waals surface area contributed by atoms with E-state index < -0.39 is 11.6 Å². The average molecular weight is 526 g/mol. The lowest BCUT2D eigenvalue weighted by atomic mass is 9.88. The Kier molecular flexibility index (Phi) is 8.12. The van der Waals surface area contributed by atoms with Crippen molar-refractivity contribution >= 4 is 28.5 Å². The Morgan fingerprint density at radius 3 is 1.89 bits per heavy atom. The lowest BCUT2D eigenvalue weighted by Crippen LogP contribution is -2.62. The van der Waals surface area contributed by atoms with Gasteiger partial charge in [-0.05, 0) is 29.2 Å². The van der Waals surface area contributed by atoms with E-state index in [1.165, 1.54) is 18.2 Å². The summed E-state index contributed by atoms with van der Waals surface area (Å²) in [4.78, 5) is 24.9. The van der Waals surface area contributed by atoms with Crippen LogP contribution < -0.4 is 0 Å². The number of esters is 1. The summed E-state index contributed by atoms with van der Waals surface area (Å²) in [6, 6.07) is 31.1. The third-order valence-corrected chi connectivity index (χ3v) is 8.37. The fourth-order valence-corrected chi connectivity index (χ4v) is 7.19. The molecule has 0 radical (unpaired) electrons. The van der Waals surface area contributed by atoms with E-state index in [1.807, 2.05) is 42.5 Å². The maximum absolute atomic E-state index is 13.8. The molecular formula is C32H35N3O2S. The third-order valence-electron chi connectivity index (χ3n) is 7.17. The number of rotatable bonds is 7. The van der Waals surface area contributed by atoms with Gasteiger partial charge in [0.05, 0.1) is 12.8 Å². The van der Waals surface area contributed by atoms with E-state index in [-0.39, 0.29) is 11.9 Å². The number of nitrogens with zero attached hydrogens (tertiary/aromatic N) is 3. The Hall–Kier alpha value is -3.19. The minimum absolute atomic E-state index is 0.222. The van der Waals surface area contributed by atoms with Crippen LogP contribution in [0.15, 0.2) is 107 Å². The molecular weight excluding hydrogens is 490 g/mol. The number of para-hydroxylation sites is 1. The zero-order chi connectivity index (χ0) is 26.5. The van der Waals surface area contributed by atoms with E-state index in [0.29, 0.717) is 13.1 Å². The second-order valence-electron chi connectivity index (χ2n) is 10.2. The van der Waals surface area contributed by atoms with Crippen molar-refractivity contribution in [2.24, 2.45) is 16.8 Å². The number of benzene rings is 3. The molecule has 2 aliphatic heterocycles. The Balaban J connectivity index is 1.72. The molecule has 1 unspecified atom stereocenters. The first kappa shape index (κ1) is 26.4. The van der Waals surface area contributed by atoms with E-state index in [4.69, 9.17) is 9.73 Å². The number of aliphatic imine (C=N–C) groups is 1. The highest BCUT2D eigenvalue weighted by Gasteiger charge is 2.64. The molecule has 5 nitrogen and oxygen atoms in total. The molecule has 5 rings (SSSR count). The first-order chi connectivity index (χ1) is 18.5. The number of carbonyl (C=O) groups excluding carboxylic acids is 1. The van der Waals surface area contributed by atoms with E-state index in [2.05, 4.69) is 78.3 Å². The number of hydrogen-bond donors (Lipinski definition) is 0. The van der Waals surface area contributed by atoms with Crippen LogP contribution in [0, 0.1) is 11.8 Å². The number of methoxy groups -OCH3 is 1. The van der Waals surface area contributed by atoms with Crippen LogP contribution in [0.2, 0.25) is 0 Å². The van der Waals surface area contributed by atoms with Gasteiger partial charge in [-0.15, -0.1) is 0 Å². The van der Waals surface area contributed by atoms with Crippen molar-refractivity contribution in [3.8, 4) is 0 Å². The molecule has 3 aromatic carbocycles. The molecule has 0 aliphatic carbocycles. The molecule has 2 fully saturated rings. The summed E-state index contributed by atoms with van der Waals surface area (Å²) in [5, 5.41) is 0.926. The van der Waals surface area contributed by atoms with E-state index in [0.717, 1.165) is 28.7 Å². The normalized spacial score (nSPS) is 21.6. The third kappa shape index (κ3) is 5.21. The van der Waals surface area contributed by atoms with Gasteiger partial charge in [-0.3, -0.25) is 14.6 Å². The average Bonchev–Trinajstić information content (AvgIpc) is 3.43. The lowest BCUT2D eigenvalue weighted by molar-refractivity contribution is -0.150. The first-order valence-electron chi connectivity index (χ1n) is 13.2. The molecule has 0 saturated carbocycles. The minimum Gasteiger partial charge on any atom is -0.468 e. The van der Waals surface area contributed by atoms with Crippen molar-refractivity contribution in [2.75, 3.05) is 20.2 Å². The van der Waals surface area contributed by atoms with Crippen LogP contribution >= 0.6 is 11.8 Å². The summed E-state index contributed by atoms with van der Waals surface area (Å²) in [7, 11) is 1.50. The maximum atomic E-state index is 13.8. The van der Waals surface area contributed by atoms with Gasteiger partial charge in [0.25, 0.3) is 0 Å². The minimum atomic E-state index is -0.764. The number of hydrogen-bond acceptors (Lipinski definition) is 6. The van der Waals surface area contributed by atoms with Gasteiger partial charge < -0.3 is 4.74 Å². The number of ether oxygens (including phenoxy) is 1. The smallest absolute Gasteiger partial charge is 0.317 e. The molecule has 2 heterocycles. The van der Waals surface area contributed by atoms with Crippen LogP contribution in [0.3, 0.4) is 0 Å². The summed E-state index contributed by atoms with van der Waals surface area (Å²) >= 11 is 1.64. The van der Waals surface area contributed by atoms with Crippen molar-refractivity contribution < 1.29 is 9.53 Å². The van der Waals surface area contributed by atoms with Gasteiger partial charge in [0, 0.05) is 31.1 Å². The topological polar surface area (TPSA) is 45.1 Å². The number of allylic oxidation sites excluding steroid dienone is 1. The van der Waals surface area contributed by atoms with E-state index in [1.54, 1.807) is 11.8 Å². The highest BCUT2D eigenvalue weighted by Crippen LogP contribution is 2.54. The molecule has 6 heteroatoms. The standard InChI is InChI=1S/C32H35N3O2S/c1-24(2)21-28-29(30(36)37-3)32(31(38-28)33-27-17-11-6-12-18-27)34(22-25-13-7-4-8-14-25)19-20-35(32)23-26-15-9-5-10-16-26/h4-18,21,24,29H,19-20,22-23H2,1-3H3/b28-21+,33-31?. The molecule has 0 bridgehead atoms. The second kappa shape index (κ2) is 11.7. The molecule has 1 spiro atoms. The zero-order valence-electron chi connectivity index (χ0n) is 22.3. The van der Waals surface area contributed by atoms with Gasteiger partial charge in [0.15, 0.2) is 0 Å². The molecule has 0 aromatic heterocycles. The second-order valence-corrected chi connectivity index (χ2v) is 11.2. The number of thioether (sulfide) groups is 1. The summed E-state index contributed by atoms with van der Waals surface area (Å²) in [5.41, 5.74) is 2.54. The van der Waals surface area contributed by atoms with Gasteiger partial charge in [-0.2, -0.15) is 0 Å². The Morgan fingerprint density at radius 2 is 1.42 bits per heavy atom. The molecule has 38 heavy (non-hydrogen) atoms. The van der Waals surface area contributed by atoms with Crippen molar-refractivity contribution in [3.63, 3.8) is 0 Å². The highest BCUT2D eigenvalue weighted by atomic mass is 32.2. The van der Waals surface area contributed by atoms with Gasteiger partial charge >= 0.3 is 5.97 Å². The fraction of sp³-hybridized carbons (Fsp3) is 0.312. The van der Waals surface area contributed by atoms with Gasteiger partial charge in [-0.25, -0.2) is 4.99 Å². The van der Waals surface area contributed by atoms with Gasteiger partial charge in [-0.1, -0.05) is 111 Å². The van der Waals surface area contributed by atoms with Crippen LogP contribution in [-0.4, -0.2) is 46.7 Å².